The van der Waals surface area contributed by atoms with E-state index in [9.17, 15) is 24.1 Å². The van der Waals surface area contributed by atoms with E-state index in [-0.39, 0.29) is 28.5 Å². The van der Waals surface area contributed by atoms with Crippen LogP contribution in [0.15, 0.2) is 77.2 Å². The fourth-order valence-electron chi connectivity index (χ4n) is 3.33. The van der Waals surface area contributed by atoms with Crippen LogP contribution in [-0.4, -0.2) is 34.1 Å². The Morgan fingerprint density at radius 1 is 1.03 bits per heavy atom. The van der Waals surface area contributed by atoms with Crippen molar-refractivity contribution in [3.05, 3.63) is 111 Å². The second kappa shape index (κ2) is 9.91. The van der Waals surface area contributed by atoms with Crippen molar-refractivity contribution < 1.29 is 28.1 Å². The molecule has 11 heteroatoms. The number of methoxy groups -OCH3 is 1. The van der Waals surface area contributed by atoms with Crippen molar-refractivity contribution in [3.8, 4) is 11.5 Å². The first kappa shape index (κ1) is 23.2. The molecule has 0 spiro atoms. The number of benzene rings is 3. The van der Waals surface area contributed by atoms with Crippen LogP contribution in [-0.2, 0) is 4.74 Å². The van der Waals surface area contributed by atoms with E-state index in [4.69, 9.17) is 4.42 Å². The van der Waals surface area contributed by atoms with Gasteiger partial charge in [-0.25, -0.2) is 9.18 Å². The van der Waals surface area contributed by atoms with Gasteiger partial charge in [0.25, 0.3) is 11.6 Å². The van der Waals surface area contributed by atoms with Crippen molar-refractivity contribution in [2.24, 2.45) is 0 Å². The van der Waals surface area contributed by atoms with Crippen LogP contribution in [0, 0.1) is 15.9 Å². The van der Waals surface area contributed by atoms with Gasteiger partial charge in [0.05, 0.1) is 17.6 Å². The highest BCUT2D eigenvalue weighted by atomic mass is 19.1. The van der Waals surface area contributed by atoms with Crippen molar-refractivity contribution in [3.63, 3.8) is 0 Å². The average Bonchev–Trinajstić information content (AvgIpc) is 3.37. The molecule has 1 heterocycles. The van der Waals surface area contributed by atoms with Gasteiger partial charge in [0, 0.05) is 28.8 Å². The maximum Gasteiger partial charge on any atom is 0.338 e. The molecular formula is C24H17FN4O6. The molecule has 1 amide bonds. The predicted molar refractivity (Wildman–Crippen MR) is 120 cm³/mol. The minimum absolute atomic E-state index is 0.0303. The predicted octanol–water partition coefficient (Wildman–Crippen LogP) is 4.09. The fraction of sp³-hybridized carbons (Fsp3) is 0.0833. The zero-order valence-electron chi connectivity index (χ0n) is 18.2. The van der Waals surface area contributed by atoms with Crippen LogP contribution < -0.4 is 5.32 Å². The monoisotopic (exact) mass is 476 g/mol. The normalized spacial score (nSPS) is 11.5. The average molecular weight is 476 g/mol. The number of hydrogen-bond donors (Lipinski definition) is 1. The number of hydrogen-bond acceptors (Lipinski definition) is 8. The van der Waals surface area contributed by atoms with Gasteiger partial charge in [-0.1, -0.05) is 36.4 Å². The Hall–Kier alpha value is -4.93. The van der Waals surface area contributed by atoms with Crippen LogP contribution in [0.25, 0.3) is 11.5 Å². The summed E-state index contributed by atoms with van der Waals surface area (Å²) in [6, 6.07) is 16.4. The fourth-order valence-corrected chi connectivity index (χ4v) is 3.33. The summed E-state index contributed by atoms with van der Waals surface area (Å²) in [4.78, 5) is 35.7. The maximum atomic E-state index is 14.7. The number of halogens is 1. The quantitative estimate of drug-likeness (QED) is 0.239. The molecule has 0 aliphatic carbocycles. The number of carbonyl (C=O) groups is 2. The first-order chi connectivity index (χ1) is 16.9. The number of nitrogens with one attached hydrogen (secondary N) is 1. The molecule has 4 rings (SSSR count). The Kier molecular flexibility index (Phi) is 6.58. The number of nitrogens with zero attached hydrogens (tertiary/aromatic N) is 3. The summed E-state index contributed by atoms with van der Waals surface area (Å²) in [5.41, 5.74) is -0.263. The van der Waals surface area contributed by atoms with Crippen LogP contribution in [0.3, 0.4) is 0 Å². The number of rotatable bonds is 7. The Balaban J connectivity index is 1.74. The van der Waals surface area contributed by atoms with Crippen molar-refractivity contribution in [2.75, 3.05) is 7.11 Å². The molecule has 1 aromatic heterocycles. The molecule has 10 nitrogen and oxygen atoms in total. The molecule has 1 N–H and O–H groups in total. The molecule has 3 aromatic carbocycles. The number of aromatic nitrogens is 2. The van der Waals surface area contributed by atoms with E-state index in [1.807, 2.05) is 6.07 Å². The number of esters is 1. The van der Waals surface area contributed by atoms with E-state index < -0.39 is 34.3 Å². The smallest absolute Gasteiger partial charge is 0.338 e. The number of nitro benzene ring substituents is 1. The van der Waals surface area contributed by atoms with Gasteiger partial charge in [0.15, 0.2) is 0 Å². The molecular weight excluding hydrogens is 459 g/mol. The molecule has 0 radical (unpaired) electrons. The van der Waals surface area contributed by atoms with Crippen molar-refractivity contribution in [2.45, 2.75) is 6.04 Å². The first-order valence-corrected chi connectivity index (χ1v) is 10.2. The van der Waals surface area contributed by atoms with E-state index in [0.29, 0.717) is 5.56 Å². The van der Waals surface area contributed by atoms with Crippen LogP contribution >= 0.6 is 0 Å². The van der Waals surface area contributed by atoms with E-state index in [1.54, 1.807) is 30.3 Å². The number of non-ortho nitro benzene ring substituents is 1. The summed E-state index contributed by atoms with van der Waals surface area (Å²) in [5.74, 6) is -2.31. The Morgan fingerprint density at radius 3 is 2.40 bits per heavy atom. The third-order valence-corrected chi connectivity index (χ3v) is 5.01. The highest BCUT2D eigenvalue weighted by molar-refractivity contribution is 5.99. The lowest BCUT2D eigenvalue weighted by Gasteiger charge is -2.16. The summed E-state index contributed by atoms with van der Waals surface area (Å²) in [6.07, 6.45) is 0. The lowest BCUT2D eigenvalue weighted by atomic mass is 10.0. The lowest BCUT2D eigenvalue weighted by molar-refractivity contribution is -0.384. The second-order valence-corrected chi connectivity index (χ2v) is 7.26. The standard InChI is InChI=1S/C24H17FN4O6/c1-34-24(31)16-11-15(12-17(13-16)29(32)33)21(30)26-20(18-9-5-6-10-19(18)25)23-28-27-22(35-23)14-7-3-2-4-8-14/h2-13,20H,1H3,(H,26,30)/t20-/m1/s1. The summed E-state index contributed by atoms with van der Waals surface area (Å²) in [7, 11) is 1.11. The second-order valence-electron chi connectivity index (χ2n) is 7.26. The summed E-state index contributed by atoms with van der Waals surface area (Å²) in [6.45, 7) is 0. The molecule has 0 fully saturated rings. The Bertz CT molecular complexity index is 1410. The Morgan fingerprint density at radius 2 is 1.71 bits per heavy atom. The van der Waals surface area contributed by atoms with E-state index >= 15 is 0 Å². The third kappa shape index (κ3) is 5.03. The van der Waals surface area contributed by atoms with Crippen molar-refractivity contribution >= 4 is 17.6 Å². The summed E-state index contributed by atoms with van der Waals surface area (Å²) >= 11 is 0. The minimum Gasteiger partial charge on any atom is -0.465 e. The zero-order valence-corrected chi connectivity index (χ0v) is 18.2. The van der Waals surface area contributed by atoms with Gasteiger partial charge in [-0.15, -0.1) is 10.2 Å². The third-order valence-electron chi connectivity index (χ3n) is 5.01. The first-order valence-electron chi connectivity index (χ1n) is 10.2. The molecule has 0 aliphatic heterocycles. The molecule has 1 atom stereocenters. The van der Waals surface area contributed by atoms with Gasteiger partial charge in [-0.3, -0.25) is 14.9 Å². The van der Waals surface area contributed by atoms with E-state index in [0.717, 1.165) is 25.3 Å². The maximum absolute atomic E-state index is 14.7. The van der Waals surface area contributed by atoms with Crippen LogP contribution in [0.2, 0.25) is 0 Å². The molecule has 0 saturated heterocycles. The van der Waals surface area contributed by atoms with Gasteiger partial charge in [0.2, 0.25) is 11.8 Å². The highest BCUT2D eigenvalue weighted by Gasteiger charge is 2.28. The number of carbonyl (C=O) groups excluding carboxylic acids is 2. The van der Waals surface area contributed by atoms with Crippen LogP contribution in [0.5, 0.6) is 0 Å². The van der Waals surface area contributed by atoms with Gasteiger partial charge < -0.3 is 14.5 Å². The van der Waals surface area contributed by atoms with E-state index in [1.165, 1.54) is 18.2 Å². The van der Waals surface area contributed by atoms with Crippen LogP contribution in [0.4, 0.5) is 10.1 Å². The van der Waals surface area contributed by atoms with Gasteiger partial charge in [-0.2, -0.15) is 0 Å². The minimum atomic E-state index is -1.23. The van der Waals surface area contributed by atoms with E-state index in [2.05, 4.69) is 20.3 Å². The number of nitro groups is 1. The van der Waals surface area contributed by atoms with Gasteiger partial charge in [0.1, 0.15) is 11.9 Å². The van der Waals surface area contributed by atoms with Crippen molar-refractivity contribution in [1.29, 1.82) is 0 Å². The van der Waals surface area contributed by atoms with Crippen molar-refractivity contribution in [1.82, 2.24) is 15.5 Å². The van der Waals surface area contributed by atoms with Gasteiger partial charge in [-0.05, 0) is 24.3 Å². The lowest BCUT2D eigenvalue weighted by Crippen LogP contribution is -2.30. The largest absolute Gasteiger partial charge is 0.465 e. The molecule has 4 aromatic rings. The van der Waals surface area contributed by atoms with Crippen LogP contribution in [0.1, 0.15) is 38.2 Å². The number of amides is 1. The zero-order chi connectivity index (χ0) is 24.9. The molecule has 0 aliphatic rings. The van der Waals surface area contributed by atoms with Gasteiger partial charge >= 0.3 is 5.97 Å². The topological polar surface area (TPSA) is 137 Å². The summed E-state index contributed by atoms with van der Waals surface area (Å²) < 4.78 is 25.0. The molecule has 0 unspecified atom stereocenters. The SMILES string of the molecule is COC(=O)c1cc(C(=O)N[C@@H](c2nnc(-c3ccccc3)o2)c2ccccc2F)cc([N+](=O)[O-])c1. The molecule has 0 bridgehead atoms. The molecule has 0 saturated carbocycles. The Labute approximate surface area is 197 Å². The highest BCUT2D eigenvalue weighted by Crippen LogP contribution is 2.27. The molecule has 35 heavy (non-hydrogen) atoms. The summed E-state index contributed by atoms with van der Waals surface area (Å²) in [5, 5.41) is 21.9. The number of ether oxygens (including phenoxy) is 1. The molecule has 176 valence electrons.